The maximum Gasteiger partial charge on any atom is 0.267 e. The Morgan fingerprint density at radius 1 is 1.42 bits per heavy atom. The number of amides is 1. The van der Waals surface area contributed by atoms with Crippen molar-refractivity contribution >= 4 is 11.6 Å². The molecule has 19 heavy (non-hydrogen) atoms. The molecule has 1 heterocycles. The predicted molar refractivity (Wildman–Crippen MR) is 77.9 cm³/mol. The molecule has 1 saturated carbocycles. The first kappa shape index (κ1) is 14.0. The maximum atomic E-state index is 12.0. The van der Waals surface area contributed by atoms with E-state index in [2.05, 4.69) is 12.2 Å². The number of nitrogen functional groups attached to an aromatic ring is 1. The molecular formula is C15H25N3O. The summed E-state index contributed by atoms with van der Waals surface area (Å²) < 4.78 is 1.77. The van der Waals surface area contributed by atoms with Crippen LogP contribution in [0.25, 0.3) is 0 Å². The molecule has 1 aliphatic rings. The quantitative estimate of drug-likeness (QED) is 0.877. The van der Waals surface area contributed by atoms with Crippen molar-refractivity contribution in [3.8, 4) is 0 Å². The second-order valence-corrected chi connectivity index (χ2v) is 5.94. The summed E-state index contributed by atoms with van der Waals surface area (Å²) >= 11 is 0. The van der Waals surface area contributed by atoms with E-state index in [1.807, 2.05) is 7.05 Å². The van der Waals surface area contributed by atoms with E-state index in [1.54, 1.807) is 16.8 Å². The van der Waals surface area contributed by atoms with Gasteiger partial charge in [-0.15, -0.1) is 0 Å². The van der Waals surface area contributed by atoms with Gasteiger partial charge in [0.15, 0.2) is 0 Å². The van der Waals surface area contributed by atoms with E-state index in [4.69, 9.17) is 5.73 Å². The van der Waals surface area contributed by atoms with Crippen molar-refractivity contribution in [1.82, 2.24) is 9.88 Å². The molecule has 1 amide bonds. The van der Waals surface area contributed by atoms with Crippen molar-refractivity contribution in [3.05, 3.63) is 18.0 Å². The number of carbonyl (C=O) groups excluding carboxylic acids is 1. The molecule has 0 radical (unpaired) electrons. The van der Waals surface area contributed by atoms with Gasteiger partial charge in [-0.1, -0.05) is 32.6 Å². The van der Waals surface area contributed by atoms with Crippen LogP contribution in [0.5, 0.6) is 0 Å². The van der Waals surface area contributed by atoms with E-state index in [9.17, 15) is 4.79 Å². The van der Waals surface area contributed by atoms with Gasteiger partial charge in [-0.2, -0.15) is 0 Å². The first-order chi connectivity index (χ1) is 9.06. The molecule has 3 N–H and O–H groups in total. The molecule has 0 aromatic carbocycles. The molecule has 4 nitrogen and oxygen atoms in total. The third-order valence-electron chi connectivity index (χ3n) is 4.23. The van der Waals surface area contributed by atoms with Crippen molar-refractivity contribution < 1.29 is 4.79 Å². The highest BCUT2D eigenvalue weighted by molar-refractivity contribution is 5.93. The second-order valence-electron chi connectivity index (χ2n) is 5.94. The van der Waals surface area contributed by atoms with Crippen LogP contribution in [0.2, 0.25) is 0 Å². The van der Waals surface area contributed by atoms with Gasteiger partial charge >= 0.3 is 0 Å². The maximum absolute atomic E-state index is 12.0. The number of nitrogens with zero attached hydrogens (tertiary/aromatic N) is 1. The average molecular weight is 263 g/mol. The normalized spacial score (nSPS) is 23.3. The molecule has 0 spiro atoms. The zero-order valence-corrected chi connectivity index (χ0v) is 12.0. The van der Waals surface area contributed by atoms with Crippen LogP contribution in [0.1, 0.15) is 49.5 Å². The fourth-order valence-electron chi connectivity index (χ4n) is 2.91. The van der Waals surface area contributed by atoms with Crippen LogP contribution in [-0.2, 0) is 7.05 Å². The third-order valence-corrected chi connectivity index (χ3v) is 4.23. The van der Waals surface area contributed by atoms with Gasteiger partial charge in [-0.05, 0) is 24.3 Å². The van der Waals surface area contributed by atoms with Crippen molar-refractivity contribution in [2.24, 2.45) is 18.9 Å². The molecule has 0 aliphatic heterocycles. The molecule has 1 aliphatic carbocycles. The fourth-order valence-corrected chi connectivity index (χ4v) is 2.91. The van der Waals surface area contributed by atoms with E-state index in [1.165, 1.54) is 25.7 Å². The number of anilines is 1. The zero-order valence-electron chi connectivity index (χ0n) is 12.0. The lowest BCUT2D eigenvalue weighted by atomic mass is 9.81. The Balaban J connectivity index is 1.74. The third kappa shape index (κ3) is 3.75. The fraction of sp³-hybridized carbons (Fsp3) is 0.667. The van der Waals surface area contributed by atoms with Gasteiger partial charge in [0, 0.05) is 19.8 Å². The highest BCUT2D eigenvalue weighted by Gasteiger charge is 2.18. The number of hydrogen-bond acceptors (Lipinski definition) is 2. The Hall–Kier alpha value is -1.45. The van der Waals surface area contributed by atoms with Crippen molar-refractivity contribution in [3.63, 3.8) is 0 Å². The summed E-state index contributed by atoms with van der Waals surface area (Å²) in [7, 11) is 1.84. The molecule has 1 aromatic heterocycles. The molecule has 2 rings (SSSR count). The first-order valence-corrected chi connectivity index (χ1v) is 7.26. The topological polar surface area (TPSA) is 60.1 Å². The van der Waals surface area contributed by atoms with Crippen LogP contribution in [0.15, 0.2) is 12.3 Å². The molecule has 4 heteroatoms. The molecule has 0 saturated heterocycles. The smallest absolute Gasteiger partial charge is 0.267 e. The van der Waals surface area contributed by atoms with E-state index in [0.29, 0.717) is 11.4 Å². The minimum Gasteiger partial charge on any atom is -0.397 e. The first-order valence-electron chi connectivity index (χ1n) is 7.26. The summed E-state index contributed by atoms with van der Waals surface area (Å²) in [6.07, 6.45) is 8.16. The average Bonchev–Trinajstić information content (AvgIpc) is 2.71. The Morgan fingerprint density at radius 3 is 2.68 bits per heavy atom. The lowest BCUT2D eigenvalue weighted by molar-refractivity contribution is 0.0941. The summed E-state index contributed by atoms with van der Waals surface area (Å²) in [6, 6.07) is 1.72. The molecule has 0 atom stereocenters. The number of hydrogen-bond donors (Lipinski definition) is 2. The Morgan fingerprint density at radius 2 is 2.11 bits per heavy atom. The standard InChI is InChI=1S/C15H25N3O/c1-11-3-5-12(6-4-11)7-8-17-15(19)14-9-13(16)10-18(14)2/h9-12H,3-8,16H2,1-2H3,(H,17,19). The van der Waals surface area contributed by atoms with Gasteiger partial charge in [0.2, 0.25) is 0 Å². The van der Waals surface area contributed by atoms with Crippen molar-refractivity contribution in [2.75, 3.05) is 12.3 Å². The van der Waals surface area contributed by atoms with Crippen LogP contribution >= 0.6 is 0 Å². The molecular weight excluding hydrogens is 238 g/mol. The molecule has 0 unspecified atom stereocenters. The van der Waals surface area contributed by atoms with Gasteiger partial charge in [0.1, 0.15) is 5.69 Å². The van der Waals surface area contributed by atoms with Gasteiger partial charge in [0.25, 0.3) is 5.91 Å². The highest BCUT2D eigenvalue weighted by Crippen LogP contribution is 2.29. The van der Waals surface area contributed by atoms with E-state index in [-0.39, 0.29) is 5.91 Å². The van der Waals surface area contributed by atoms with Crippen LogP contribution < -0.4 is 11.1 Å². The number of nitrogens with two attached hydrogens (primary N) is 1. The minimum atomic E-state index is -0.0247. The van der Waals surface area contributed by atoms with E-state index < -0.39 is 0 Å². The number of carbonyl (C=O) groups is 1. The van der Waals surface area contributed by atoms with E-state index in [0.717, 1.165) is 24.8 Å². The summed E-state index contributed by atoms with van der Waals surface area (Å²) in [5, 5.41) is 3.00. The lowest BCUT2D eigenvalue weighted by Gasteiger charge is -2.26. The zero-order chi connectivity index (χ0) is 13.8. The summed E-state index contributed by atoms with van der Waals surface area (Å²) in [5.74, 6) is 1.65. The molecule has 106 valence electrons. The van der Waals surface area contributed by atoms with Crippen LogP contribution in [0, 0.1) is 11.8 Å². The number of aryl methyl sites for hydroxylation is 1. The number of aromatic nitrogens is 1. The Labute approximate surface area is 115 Å². The van der Waals surface area contributed by atoms with Gasteiger partial charge in [-0.3, -0.25) is 4.79 Å². The van der Waals surface area contributed by atoms with Crippen molar-refractivity contribution in [1.29, 1.82) is 0 Å². The van der Waals surface area contributed by atoms with Gasteiger partial charge in [0.05, 0.1) is 5.69 Å². The number of nitrogens with one attached hydrogen (secondary N) is 1. The predicted octanol–water partition coefficient (Wildman–Crippen LogP) is 2.55. The molecule has 1 aromatic rings. The number of rotatable bonds is 4. The summed E-state index contributed by atoms with van der Waals surface area (Å²) in [4.78, 5) is 12.0. The lowest BCUT2D eigenvalue weighted by Crippen LogP contribution is -2.28. The monoisotopic (exact) mass is 263 g/mol. The van der Waals surface area contributed by atoms with Gasteiger partial charge < -0.3 is 15.6 Å². The molecule has 1 fully saturated rings. The van der Waals surface area contributed by atoms with Crippen molar-refractivity contribution in [2.45, 2.75) is 39.0 Å². The minimum absolute atomic E-state index is 0.0247. The van der Waals surface area contributed by atoms with Gasteiger partial charge in [-0.25, -0.2) is 0 Å². The second kappa shape index (κ2) is 6.13. The largest absolute Gasteiger partial charge is 0.397 e. The summed E-state index contributed by atoms with van der Waals surface area (Å²) in [6.45, 7) is 3.10. The Bertz CT molecular complexity index is 431. The summed E-state index contributed by atoms with van der Waals surface area (Å²) in [5.41, 5.74) is 6.94. The van der Waals surface area contributed by atoms with Crippen LogP contribution in [0.4, 0.5) is 5.69 Å². The van der Waals surface area contributed by atoms with E-state index >= 15 is 0 Å². The van der Waals surface area contributed by atoms with Crippen LogP contribution in [0.3, 0.4) is 0 Å². The Kier molecular flexibility index (Phi) is 4.51. The highest BCUT2D eigenvalue weighted by atomic mass is 16.1. The SMILES string of the molecule is CC1CCC(CCNC(=O)c2cc(N)cn2C)CC1. The van der Waals surface area contributed by atoms with Crippen LogP contribution in [-0.4, -0.2) is 17.0 Å². The molecule has 0 bridgehead atoms.